The number of hydrogen-bond donors (Lipinski definition) is 0. The zero-order valence-corrected chi connectivity index (χ0v) is 8.60. The number of rotatable bonds is 2. The fourth-order valence-electron chi connectivity index (χ4n) is 1.10. The van der Waals surface area contributed by atoms with E-state index in [2.05, 4.69) is 0 Å². The monoisotopic (exact) mass is 200 g/mol. The quantitative estimate of drug-likeness (QED) is 0.683. The van der Waals surface area contributed by atoms with E-state index < -0.39 is 0 Å². The smallest absolute Gasteiger partial charge is 0.140 e. The summed E-state index contributed by atoms with van der Waals surface area (Å²) in [4.78, 5) is 0. The van der Waals surface area contributed by atoms with E-state index in [1.165, 1.54) is 0 Å². The van der Waals surface area contributed by atoms with Crippen LogP contribution in [-0.2, 0) is 9.47 Å². The van der Waals surface area contributed by atoms with Crippen molar-refractivity contribution in [2.45, 2.75) is 12.8 Å². The molecule has 0 N–H and O–H groups in total. The Balaban J connectivity index is 2.96. The van der Waals surface area contributed by atoms with Crippen molar-refractivity contribution in [1.82, 2.24) is 0 Å². The van der Waals surface area contributed by atoms with E-state index in [-0.39, 0.29) is 0 Å². The van der Waals surface area contributed by atoms with Crippen LogP contribution in [-0.4, -0.2) is 14.2 Å². The Morgan fingerprint density at radius 1 is 1.31 bits per heavy atom. The predicted octanol–water partition coefficient (Wildman–Crippen LogP) is 2.96. The molecule has 0 aromatic carbocycles. The minimum Gasteiger partial charge on any atom is -0.501 e. The van der Waals surface area contributed by atoms with Crippen molar-refractivity contribution in [2.75, 3.05) is 14.2 Å². The normalized spacial score (nSPS) is 29.6. The van der Waals surface area contributed by atoms with Crippen molar-refractivity contribution in [1.29, 1.82) is 0 Å². The average Bonchev–Trinajstić information content (AvgIpc) is 2.13. The molecule has 0 heterocycles. The van der Waals surface area contributed by atoms with Crippen LogP contribution in [0.4, 0.5) is 0 Å². The van der Waals surface area contributed by atoms with E-state index in [1.807, 2.05) is 18.2 Å². The number of methoxy groups -OCH3 is 2. The lowest BCUT2D eigenvalue weighted by Gasteiger charge is -2.09. The van der Waals surface area contributed by atoms with Gasteiger partial charge >= 0.3 is 0 Å². The minimum atomic E-state index is 0.608. The number of allylic oxidation sites excluding steroid dienone is 5. The van der Waals surface area contributed by atoms with E-state index in [4.69, 9.17) is 21.1 Å². The second-order valence-electron chi connectivity index (χ2n) is 2.67. The highest BCUT2D eigenvalue weighted by Crippen LogP contribution is 2.20. The van der Waals surface area contributed by atoms with Gasteiger partial charge in [-0.1, -0.05) is 17.7 Å². The summed E-state index contributed by atoms with van der Waals surface area (Å²) in [5, 5.41) is 0.608. The summed E-state index contributed by atoms with van der Waals surface area (Å²) in [6.45, 7) is 0. The Bertz CT molecular complexity index is 264. The third kappa shape index (κ3) is 2.81. The number of halogens is 1. The largest absolute Gasteiger partial charge is 0.501 e. The van der Waals surface area contributed by atoms with Crippen molar-refractivity contribution < 1.29 is 9.47 Å². The van der Waals surface area contributed by atoms with Crippen LogP contribution in [0.3, 0.4) is 0 Å². The second kappa shape index (κ2) is 4.97. The molecular formula is C10H13ClO2. The molecule has 0 bridgehead atoms. The Hall–Kier alpha value is -0.890. The molecule has 13 heavy (non-hydrogen) atoms. The molecule has 0 saturated heterocycles. The molecule has 0 saturated carbocycles. The Labute approximate surface area is 83.5 Å². The van der Waals surface area contributed by atoms with Crippen LogP contribution in [0.2, 0.25) is 0 Å². The molecule has 0 aromatic heterocycles. The first-order chi connectivity index (χ1) is 6.27. The summed E-state index contributed by atoms with van der Waals surface area (Å²) >= 11 is 5.95. The molecule has 0 amide bonds. The molecule has 3 heteroatoms. The van der Waals surface area contributed by atoms with E-state index >= 15 is 0 Å². The van der Waals surface area contributed by atoms with Crippen molar-refractivity contribution >= 4 is 11.6 Å². The van der Waals surface area contributed by atoms with Crippen molar-refractivity contribution in [3.8, 4) is 0 Å². The zero-order chi connectivity index (χ0) is 9.68. The lowest BCUT2D eigenvalue weighted by atomic mass is 10.2. The highest BCUT2D eigenvalue weighted by atomic mass is 35.5. The van der Waals surface area contributed by atoms with Crippen molar-refractivity contribution in [3.05, 3.63) is 34.8 Å². The molecule has 1 rings (SSSR count). The van der Waals surface area contributed by atoms with Gasteiger partial charge in [0.1, 0.15) is 5.76 Å². The second-order valence-corrected chi connectivity index (χ2v) is 3.08. The summed E-state index contributed by atoms with van der Waals surface area (Å²) in [7, 11) is 3.25. The van der Waals surface area contributed by atoms with E-state index in [0.717, 1.165) is 18.6 Å². The van der Waals surface area contributed by atoms with Crippen LogP contribution in [0.1, 0.15) is 12.8 Å². The lowest BCUT2D eigenvalue weighted by molar-refractivity contribution is 0.264. The van der Waals surface area contributed by atoms with Gasteiger partial charge in [-0.2, -0.15) is 0 Å². The van der Waals surface area contributed by atoms with Gasteiger partial charge in [-0.05, 0) is 12.5 Å². The molecule has 0 atom stereocenters. The molecule has 2 nitrogen and oxygen atoms in total. The highest BCUT2D eigenvalue weighted by Gasteiger charge is 2.05. The lowest BCUT2D eigenvalue weighted by Crippen LogP contribution is -1.94. The van der Waals surface area contributed by atoms with Crippen molar-refractivity contribution in [2.24, 2.45) is 0 Å². The zero-order valence-electron chi connectivity index (χ0n) is 7.84. The van der Waals surface area contributed by atoms with Crippen LogP contribution in [0, 0.1) is 0 Å². The van der Waals surface area contributed by atoms with Gasteiger partial charge in [0, 0.05) is 12.5 Å². The molecule has 0 aromatic rings. The summed E-state index contributed by atoms with van der Waals surface area (Å²) in [6, 6.07) is 0. The first kappa shape index (κ1) is 10.2. The maximum absolute atomic E-state index is 5.95. The molecule has 0 radical (unpaired) electrons. The first-order valence-electron chi connectivity index (χ1n) is 4.12. The third-order valence-electron chi connectivity index (χ3n) is 1.83. The topological polar surface area (TPSA) is 18.5 Å². The number of ether oxygens (including phenoxy) is 2. The Kier molecular flexibility index (Phi) is 3.90. The molecule has 72 valence electrons. The summed E-state index contributed by atoms with van der Waals surface area (Å²) in [5.41, 5.74) is 0. The first-order valence-corrected chi connectivity index (χ1v) is 4.50. The molecule has 0 aliphatic heterocycles. The standard InChI is InChI=1S/C10H13ClO2/c1-12-8-5-3-4-6-9(11)10(7-8)13-2/h4,6-7H,3,5H2,1-2H3/b6-4-,8-7+,10-9-. The fourth-order valence-corrected chi connectivity index (χ4v) is 1.32. The summed E-state index contributed by atoms with van der Waals surface area (Å²) < 4.78 is 10.3. The summed E-state index contributed by atoms with van der Waals surface area (Å²) in [6.07, 6.45) is 7.50. The Morgan fingerprint density at radius 3 is 2.69 bits per heavy atom. The van der Waals surface area contributed by atoms with E-state index in [1.54, 1.807) is 14.2 Å². The van der Waals surface area contributed by atoms with E-state index in [9.17, 15) is 0 Å². The maximum atomic E-state index is 5.95. The molecule has 1 aliphatic carbocycles. The molecular weight excluding hydrogens is 188 g/mol. The molecule has 0 spiro atoms. The average molecular weight is 201 g/mol. The molecule has 0 fully saturated rings. The van der Waals surface area contributed by atoms with Gasteiger partial charge in [-0.3, -0.25) is 0 Å². The Morgan fingerprint density at radius 2 is 2.08 bits per heavy atom. The predicted molar refractivity (Wildman–Crippen MR) is 53.4 cm³/mol. The van der Waals surface area contributed by atoms with E-state index in [0.29, 0.717) is 10.8 Å². The van der Waals surface area contributed by atoms with Crippen molar-refractivity contribution in [3.63, 3.8) is 0 Å². The van der Waals surface area contributed by atoms with Crippen LogP contribution >= 0.6 is 11.6 Å². The van der Waals surface area contributed by atoms with Gasteiger partial charge in [0.05, 0.1) is 25.0 Å². The van der Waals surface area contributed by atoms with Crippen LogP contribution in [0.15, 0.2) is 34.8 Å². The highest BCUT2D eigenvalue weighted by molar-refractivity contribution is 6.31. The third-order valence-corrected chi connectivity index (χ3v) is 2.14. The maximum Gasteiger partial charge on any atom is 0.140 e. The minimum absolute atomic E-state index is 0.608. The van der Waals surface area contributed by atoms with Crippen LogP contribution in [0.25, 0.3) is 0 Å². The van der Waals surface area contributed by atoms with Gasteiger partial charge in [-0.15, -0.1) is 0 Å². The van der Waals surface area contributed by atoms with Gasteiger partial charge in [-0.25, -0.2) is 0 Å². The fraction of sp³-hybridized carbons (Fsp3) is 0.400. The molecule has 1 aliphatic rings. The van der Waals surface area contributed by atoms with Gasteiger partial charge in [0.2, 0.25) is 0 Å². The van der Waals surface area contributed by atoms with Crippen LogP contribution in [0.5, 0.6) is 0 Å². The van der Waals surface area contributed by atoms with Crippen LogP contribution < -0.4 is 0 Å². The van der Waals surface area contributed by atoms with Gasteiger partial charge in [0.25, 0.3) is 0 Å². The summed E-state index contributed by atoms with van der Waals surface area (Å²) in [5.74, 6) is 1.54. The van der Waals surface area contributed by atoms with Gasteiger partial charge < -0.3 is 9.47 Å². The number of hydrogen-bond acceptors (Lipinski definition) is 2. The SMILES string of the molecule is COC1=C(Cl)/C=C\CC/C(OC)=C\1. The molecule has 0 unspecified atom stereocenters. The van der Waals surface area contributed by atoms with Gasteiger partial charge in [0.15, 0.2) is 0 Å².